The molecule has 0 bridgehead atoms. The summed E-state index contributed by atoms with van der Waals surface area (Å²) in [5.41, 5.74) is 1.92. The summed E-state index contributed by atoms with van der Waals surface area (Å²) in [5, 5.41) is 7.16. The second kappa shape index (κ2) is 5.18. The molecule has 1 fully saturated rings. The number of carbonyl (C=O) groups is 1. The van der Waals surface area contributed by atoms with Gasteiger partial charge in [-0.2, -0.15) is 0 Å². The summed E-state index contributed by atoms with van der Waals surface area (Å²) in [6.07, 6.45) is 4.81. The SMILES string of the molecule is CC1(C)CC(=O)C2=C(C1)NC1(c3ccncc3F)CC21Nc1ccccc1. The summed E-state index contributed by atoms with van der Waals surface area (Å²) >= 11 is 0. The fourth-order valence-electron chi connectivity index (χ4n) is 5.08. The third-order valence-electron chi connectivity index (χ3n) is 6.16. The lowest BCUT2D eigenvalue weighted by Crippen LogP contribution is -2.38. The minimum Gasteiger partial charge on any atom is -0.376 e. The molecule has 2 atom stereocenters. The van der Waals surface area contributed by atoms with Crippen LogP contribution in [0, 0.1) is 11.2 Å². The van der Waals surface area contributed by atoms with Gasteiger partial charge in [0.2, 0.25) is 0 Å². The first-order valence-corrected chi connectivity index (χ1v) is 9.35. The number of Topliss-reactive ketones (excluding diaryl/α,β-unsaturated/α-hetero) is 1. The van der Waals surface area contributed by atoms with Crippen LogP contribution >= 0.6 is 0 Å². The highest BCUT2D eigenvalue weighted by Gasteiger charge is 2.77. The Morgan fingerprint density at radius 1 is 1.15 bits per heavy atom. The first kappa shape index (κ1) is 16.5. The largest absolute Gasteiger partial charge is 0.376 e. The fraction of sp³-hybridized carbons (Fsp3) is 0.364. The van der Waals surface area contributed by atoms with Gasteiger partial charge in [-0.3, -0.25) is 9.78 Å². The van der Waals surface area contributed by atoms with E-state index in [0.717, 1.165) is 23.4 Å². The Labute approximate surface area is 157 Å². The Bertz CT molecular complexity index is 984. The van der Waals surface area contributed by atoms with E-state index in [9.17, 15) is 9.18 Å². The number of hydrogen-bond donors (Lipinski definition) is 2. The molecule has 2 aliphatic carbocycles. The molecule has 3 aliphatic rings. The van der Waals surface area contributed by atoms with Crippen LogP contribution in [-0.2, 0) is 10.3 Å². The van der Waals surface area contributed by atoms with E-state index < -0.39 is 11.1 Å². The van der Waals surface area contributed by atoms with Crippen LogP contribution in [-0.4, -0.2) is 16.3 Å². The predicted molar refractivity (Wildman–Crippen MR) is 101 cm³/mol. The second-order valence-electron chi connectivity index (χ2n) is 8.75. The number of fused-ring (bicyclic) bond motifs is 2. The van der Waals surface area contributed by atoms with Gasteiger partial charge in [0.15, 0.2) is 5.78 Å². The van der Waals surface area contributed by atoms with Crippen LogP contribution in [0.3, 0.4) is 0 Å². The maximum absolute atomic E-state index is 14.7. The average molecular weight is 363 g/mol. The minimum absolute atomic E-state index is 0.0917. The van der Waals surface area contributed by atoms with E-state index in [2.05, 4.69) is 29.5 Å². The van der Waals surface area contributed by atoms with Crippen LogP contribution in [0.4, 0.5) is 10.1 Å². The van der Waals surface area contributed by atoms with E-state index in [-0.39, 0.29) is 17.0 Å². The smallest absolute Gasteiger partial charge is 0.163 e. The first-order valence-electron chi connectivity index (χ1n) is 9.35. The second-order valence-corrected chi connectivity index (χ2v) is 8.75. The summed E-state index contributed by atoms with van der Waals surface area (Å²) in [7, 11) is 0. The van der Waals surface area contributed by atoms with Gasteiger partial charge >= 0.3 is 0 Å². The topological polar surface area (TPSA) is 54.0 Å². The third-order valence-corrected chi connectivity index (χ3v) is 6.16. The van der Waals surface area contributed by atoms with Gasteiger partial charge in [0.05, 0.1) is 17.3 Å². The van der Waals surface area contributed by atoms with Gasteiger partial charge in [0.1, 0.15) is 5.82 Å². The van der Waals surface area contributed by atoms with Crippen LogP contribution in [0.2, 0.25) is 0 Å². The van der Waals surface area contributed by atoms with Crippen molar-refractivity contribution in [3.05, 3.63) is 71.4 Å². The fourth-order valence-corrected chi connectivity index (χ4v) is 5.08. The number of halogens is 1. The number of allylic oxidation sites excluding steroid dienone is 1. The summed E-state index contributed by atoms with van der Waals surface area (Å²) in [6, 6.07) is 11.6. The normalized spacial score (nSPS) is 30.4. The van der Waals surface area contributed by atoms with Gasteiger partial charge in [0, 0.05) is 41.6 Å². The van der Waals surface area contributed by atoms with E-state index in [4.69, 9.17) is 0 Å². The molecule has 2 heterocycles. The van der Waals surface area contributed by atoms with Gasteiger partial charge in [-0.15, -0.1) is 0 Å². The first-order chi connectivity index (χ1) is 12.9. The summed E-state index contributed by atoms with van der Waals surface area (Å²) in [5.74, 6) is -0.181. The molecule has 0 amide bonds. The number of rotatable bonds is 3. The number of aromatic nitrogens is 1. The van der Waals surface area contributed by atoms with Crippen molar-refractivity contribution in [3.8, 4) is 0 Å². The number of para-hydroxylation sites is 1. The van der Waals surface area contributed by atoms with Crippen LogP contribution in [0.25, 0.3) is 0 Å². The lowest BCUT2D eigenvalue weighted by Gasteiger charge is -2.32. The van der Waals surface area contributed by atoms with E-state index in [0.29, 0.717) is 18.4 Å². The van der Waals surface area contributed by atoms with Crippen molar-refractivity contribution in [1.29, 1.82) is 0 Å². The molecular weight excluding hydrogens is 341 g/mol. The van der Waals surface area contributed by atoms with Crippen molar-refractivity contribution in [2.45, 2.75) is 44.2 Å². The quantitative estimate of drug-likeness (QED) is 0.868. The van der Waals surface area contributed by atoms with Gasteiger partial charge in [-0.1, -0.05) is 32.0 Å². The van der Waals surface area contributed by atoms with Crippen molar-refractivity contribution in [2.24, 2.45) is 5.41 Å². The third kappa shape index (κ3) is 2.20. The maximum atomic E-state index is 14.7. The summed E-state index contributed by atoms with van der Waals surface area (Å²) < 4.78 is 14.7. The lowest BCUT2D eigenvalue weighted by molar-refractivity contribution is -0.118. The number of carbonyl (C=O) groups excluding carboxylic acids is 1. The molecule has 2 unspecified atom stereocenters. The Morgan fingerprint density at radius 3 is 2.67 bits per heavy atom. The molecule has 138 valence electrons. The zero-order chi connectivity index (χ0) is 18.9. The van der Waals surface area contributed by atoms with Crippen molar-refractivity contribution >= 4 is 11.5 Å². The molecule has 5 heteroatoms. The highest BCUT2D eigenvalue weighted by Crippen LogP contribution is 2.67. The molecule has 1 aromatic carbocycles. The van der Waals surface area contributed by atoms with E-state index in [1.165, 1.54) is 6.20 Å². The Balaban J connectivity index is 1.65. The van der Waals surface area contributed by atoms with Crippen molar-refractivity contribution in [1.82, 2.24) is 10.3 Å². The maximum Gasteiger partial charge on any atom is 0.163 e. The monoisotopic (exact) mass is 363 g/mol. The predicted octanol–water partition coefficient (Wildman–Crippen LogP) is 3.92. The molecule has 1 aliphatic heterocycles. The molecule has 5 rings (SSSR count). The van der Waals surface area contributed by atoms with Crippen LogP contribution in [0.15, 0.2) is 60.1 Å². The van der Waals surface area contributed by atoms with Gasteiger partial charge in [0.25, 0.3) is 0 Å². The van der Waals surface area contributed by atoms with Crippen molar-refractivity contribution in [3.63, 3.8) is 0 Å². The average Bonchev–Trinajstić information content (AvgIpc) is 3.13. The number of pyridine rings is 1. The molecule has 27 heavy (non-hydrogen) atoms. The summed E-state index contributed by atoms with van der Waals surface area (Å²) in [4.78, 5) is 17.0. The van der Waals surface area contributed by atoms with Crippen molar-refractivity contribution in [2.75, 3.05) is 5.32 Å². The number of nitrogens with one attached hydrogen (secondary N) is 2. The molecule has 1 aromatic heterocycles. The number of benzene rings is 1. The Morgan fingerprint density at radius 2 is 1.93 bits per heavy atom. The van der Waals surface area contributed by atoms with Crippen LogP contribution in [0.1, 0.15) is 38.7 Å². The number of anilines is 1. The molecule has 2 N–H and O–H groups in total. The van der Waals surface area contributed by atoms with E-state index in [1.54, 1.807) is 12.3 Å². The van der Waals surface area contributed by atoms with Gasteiger partial charge < -0.3 is 10.6 Å². The van der Waals surface area contributed by atoms with E-state index >= 15 is 0 Å². The van der Waals surface area contributed by atoms with Gasteiger partial charge in [-0.05, 0) is 30.0 Å². The summed E-state index contributed by atoms with van der Waals surface area (Å²) in [6.45, 7) is 4.22. The molecular formula is C22H22FN3O. The number of nitrogens with zero attached hydrogens (tertiary/aromatic N) is 1. The molecule has 2 aromatic rings. The van der Waals surface area contributed by atoms with Crippen LogP contribution < -0.4 is 10.6 Å². The molecule has 0 radical (unpaired) electrons. The Hall–Kier alpha value is -2.69. The molecule has 0 saturated heterocycles. The standard InChI is InChI=1S/C22H22FN3O/c1-20(2)10-17-19(18(27)11-20)22(25-14-6-4-3-5-7-14)13-21(22,26-17)15-8-9-24-12-16(15)23/h3-9,12,25-26H,10-11,13H2,1-2H3. The lowest BCUT2D eigenvalue weighted by atomic mass is 9.74. The molecule has 1 saturated carbocycles. The van der Waals surface area contributed by atoms with Crippen LogP contribution in [0.5, 0.6) is 0 Å². The number of hydrogen-bond acceptors (Lipinski definition) is 4. The van der Waals surface area contributed by atoms with Crippen molar-refractivity contribution < 1.29 is 9.18 Å². The Kier molecular flexibility index (Phi) is 3.16. The molecule has 4 nitrogen and oxygen atoms in total. The highest BCUT2D eigenvalue weighted by molar-refractivity contribution is 6.03. The molecule has 0 spiro atoms. The number of ketones is 1. The van der Waals surface area contributed by atoms with E-state index in [1.807, 2.05) is 30.3 Å². The zero-order valence-electron chi connectivity index (χ0n) is 15.5. The van der Waals surface area contributed by atoms with Gasteiger partial charge in [-0.25, -0.2) is 4.39 Å². The highest BCUT2D eigenvalue weighted by atomic mass is 19.1. The zero-order valence-corrected chi connectivity index (χ0v) is 15.5. The minimum atomic E-state index is -0.642.